The summed E-state index contributed by atoms with van der Waals surface area (Å²) in [6.45, 7) is 0. The van der Waals surface area contributed by atoms with Gasteiger partial charge < -0.3 is 10.1 Å². The first-order valence-electron chi connectivity index (χ1n) is 6.77. The lowest BCUT2D eigenvalue weighted by Crippen LogP contribution is -2.14. The van der Waals surface area contributed by atoms with E-state index in [0.29, 0.717) is 0 Å². The van der Waals surface area contributed by atoms with Crippen LogP contribution in [0.15, 0.2) is 36.5 Å². The van der Waals surface area contributed by atoms with E-state index in [1.165, 1.54) is 25.3 Å². The van der Waals surface area contributed by atoms with Crippen LogP contribution in [0.1, 0.15) is 23.2 Å². The third-order valence-electron chi connectivity index (χ3n) is 3.05. The number of benzene rings is 1. The van der Waals surface area contributed by atoms with Gasteiger partial charge in [0.1, 0.15) is 11.6 Å². The van der Waals surface area contributed by atoms with Gasteiger partial charge in [0.15, 0.2) is 17.3 Å². The van der Waals surface area contributed by atoms with E-state index in [4.69, 9.17) is 4.74 Å². The first kappa shape index (κ1) is 16.5. The van der Waals surface area contributed by atoms with Gasteiger partial charge in [-0.3, -0.25) is 9.59 Å². The minimum Gasteiger partial charge on any atom is -0.494 e. The molecule has 2 rings (SSSR count). The molecule has 1 N–H and O–H groups in total. The molecule has 0 aliphatic heterocycles. The van der Waals surface area contributed by atoms with Crippen molar-refractivity contribution >= 4 is 17.5 Å². The van der Waals surface area contributed by atoms with Gasteiger partial charge in [-0.05, 0) is 30.3 Å². The van der Waals surface area contributed by atoms with E-state index in [2.05, 4.69) is 10.3 Å². The molecule has 23 heavy (non-hydrogen) atoms. The Balaban J connectivity index is 1.89. The number of carbonyl (C=O) groups excluding carboxylic acids is 2. The number of pyridine rings is 1. The number of aromatic nitrogens is 1. The number of hydrogen-bond acceptors (Lipinski definition) is 4. The molecule has 1 amide bonds. The van der Waals surface area contributed by atoms with E-state index in [-0.39, 0.29) is 35.8 Å². The smallest absolute Gasteiger partial charge is 0.225 e. The molecule has 5 nitrogen and oxygen atoms in total. The third-order valence-corrected chi connectivity index (χ3v) is 3.05. The largest absolute Gasteiger partial charge is 0.494 e. The zero-order chi connectivity index (χ0) is 16.8. The fraction of sp³-hybridized carbons (Fsp3) is 0.188. The topological polar surface area (TPSA) is 68.3 Å². The maximum absolute atomic E-state index is 13.5. The van der Waals surface area contributed by atoms with Gasteiger partial charge in [-0.2, -0.15) is 0 Å². The molecule has 0 radical (unpaired) electrons. The number of ether oxygens (including phenoxy) is 1. The highest BCUT2D eigenvalue weighted by atomic mass is 19.1. The van der Waals surface area contributed by atoms with Crippen molar-refractivity contribution in [3.8, 4) is 5.75 Å². The quantitative estimate of drug-likeness (QED) is 0.831. The monoisotopic (exact) mass is 320 g/mol. The Morgan fingerprint density at radius 3 is 2.57 bits per heavy atom. The van der Waals surface area contributed by atoms with Crippen molar-refractivity contribution < 1.29 is 23.1 Å². The molecule has 0 aliphatic carbocycles. The highest BCUT2D eigenvalue weighted by Crippen LogP contribution is 2.19. The molecule has 0 atom stereocenters. The Hall–Kier alpha value is -2.83. The van der Waals surface area contributed by atoms with Gasteiger partial charge in [-0.15, -0.1) is 0 Å². The number of amides is 1. The predicted octanol–water partition coefficient (Wildman–Crippen LogP) is 2.97. The molecule has 2 aromatic rings. The molecule has 0 saturated heterocycles. The SMILES string of the molecule is COc1ccc(C(=O)CCC(=O)Nc2ccc(F)cn2)cc1F. The summed E-state index contributed by atoms with van der Waals surface area (Å²) < 4.78 is 31.0. The molecular weight excluding hydrogens is 306 g/mol. The Morgan fingerprint density at radius 2 is 1.96 bits per heavy atom. The van der Waals surface area contributed by atoms with Crippen molar-refractivity contribution in [3.05, 3.63) is 53.7 Å². The second-order valence-corrected chi connectivity index (χ2v) is 4.68. The van der Waals surface area contributed by atoms with E-state index < -0.39 is 17.5 Å². The minimum atomic E-state index is -0.640. The molecule has 120 valence electrons. The van der Waals surface area contributed by atoms with Crippen LogP contribution in [0.25, 0.3) is 0 Å². The zero-order valence-electron chi connectivity index (χ0n) is 12.3. The summed E-state index contributed by atoms with van der Waals surface area (Å²) in [5, 5.41) is 2.44. The number of rotatable bonds is 6. The Morgan fingerprint density at radius 1 is 1.17 bits per heavy atom. The van der Waals surface area contributed by atoms with Gasteiger partial charge in [0.2, 0.25) is 5.91 Å². The summed E-state index contributed by atoms with van der Waals surface area (Å²) in [5.74, 6) is -1.72. The lowest BCUT2D eigenvalue weighted by molar-refractivity contribution is -0.116. The number of Topliss-reactive ketones (excluding diaryl/α,β-unsaturated/α-hetero) is 1. The molecule has 0 aliphatic rings. The van der Waals surface area contributed by atoms with Crippen LogP contribution in [0.3, 0.4) is 0 Å². The zero-order valence-corrected chi connectivity index (χ0v) is 12.3. The van der Waals surface area contributed by atoms with Crippen LogP contribution < -0.4 is 10.1 Å². The van der Waals surface area contributed by atoms with Crippen LogP contribution in [0.2, 0.25) is 0 Å². The van der Waals surface area contributed by atoms with Crippen LogP contribution in [0.4, 0.5) is 14.6 Å². The van der Waals surface area contributed by atoms with Crippen LogP contribution >= 0.6 is 0 Å². The van der Waals surface area contributed by atoms with E-state index in [1.54, 1.807) is 0 Å². The van der Waals surface area contributed by atoms with Crippen molar-refractivity contribution in [2.24, 2.45) is 0 Å². The number of carbonyl (C=O) groups is 2. The van der Waals surface area contributed by atoms with Gasteiger partial charge in [0, 0.05) is 18.4 Å². The van der Waals surface area contributed by atoms with Gasteiger partial charge in [0.05, 0.1) is 13.3 Å². The van der Waals surface area contributed by atoms with Crippen LogP contribution in [-0.4, -0.2) is 23.8 Å². The second-order valence-electron chi connectivity index (χ2n) is 4.68. The minimum absolute atomic E-state index is 0.0432. The molecule has 0 unspecified atom stereocenters. The van der Waals surface area contributed by atoms with Crippen LogP contribution in [0.5, 0.6) is 5.75 Å². The number of halogens is 2. The van der Waals surface area contributed by atoms with Crippen LogP contribution in [0, 0.1) is 11.6 Å². The van der Waals surface area contributed by atoms with Gasteiger partial charge >= 0.3 is 0 Å². The van der Waals surface area contributed by atoms with Crippen molar-refractivity contribution in [1.29, 1.82) is 0 Å². The molecule has 1 heterocycles. The summed E-state index contributed by atoms with van der Waals surface area (Å²) in [4.78, 5) is 27.3. The molecule has 0 spiro atoms. The molecule has 0 saturated carbocycles. The summed E-state index contributed by atoms with van der Waals surface area (Å²) in [6.07, 6.45) is 0.797. The van der Waals surface area contributed by atoms with E-state index >= 15 is 0 Å². The number of hydrogen-bond donors (Lipinski definition) is 1. The number of nitrogens with zero attached hydrogens (tertiary/aromatic N) is 1. The molecule has 1 aromatic carbocycles. The normalized spacial score (nSPS) is 10.2. The van der Waals surface area contributed by atoms with Gasteiger partial charge in [-0.25, -0.2) is 13.8 Å². The fourth-order valence-electron chi connectivity index (χ4n) is 1.87. The highest BCUT2D eigenvalue weighted by molar-refractivity contribution is 5.99. The summed E-state index contributed by atoms with van der Waals surface area (Å²) in [7, 11) is 1.33. The molecular formula is C16H14F2N2O3. The summed E-state index contributed by atoms with van der Waals surface area (Å²) >= 11 is 0. The maximum atomic E-state index is 13.5. The third kappa shape index (κ3) is 4.57. The number of ketones is 1. The van der Waals surface area contributed by atoms with E-state index in [1.807, 2.05) is 0 Å². The first-order valence-corrected chi connectivity index (χ1v) is 6.77. The fourth-order valence-corrected chi connectivity index (χ4v) is 1.87. The molecule has 1 aromatic heterocycles. The van der Waals surface area contributed by atoms with Gasteiger partial charge in [0.25, 0.3) is 0 Å². The van der Waals surface area contributed by atoms with E-state index in [0.717, 1.165) is 18.3 Å². The second kappa shape index (κ2) is 7.44. The standard InChI is InChI=1S/C16H14F2N2O3/c1-23-14-5-2-10(8-12(14)18)13(21)4-7-16(22)20-15-6-3-11(17)9-19-15/h2-3,5-6,8-9H,4,7H2,1H3,(H,19,20,22). The lowest BCUT2D eigenvalue weighted by Gasteiger charge is -2.06. The van der Waals surface area contributed by atoms with Crippen LogP contribution in [-0.2, 0) is 4.79 Å². The molecule has 7 heteroatoms. The van der Waals surface area contributed by atoms with Crippen molar-refractivity contribution in [2.75, 3.05) is 12.4 Å². The first-order chi connectivity index (χ1) is 11.0. The Kier molecular flexibility index (Phi) is 5.35. The van der Waals surface area contributed by atoms with Gasteiger partial charge in [-0.1, -0.05) is 0 Å². The van der Waals surface area contributed by atoms with Crippen molar-refractivity contribution in [2.45, 2.75) is 12.8 Å². The predicted molar refractivity (Wildman–Crippen MR) is 79.3 cm³/mol. The number of nitrogens with one attached hydrogen (secondary N) is 1. The van der Waals surface area contributed by atoms with Crippen molar-refractivity contribution in [1.82, 2.24) is 4.98 Å². The average Bonchev–Trinajstić information content (AvgIpc) is 2.54. The highest BCUT2D eigenvalue weighted by Gasteiger charge is 2.12. The summed E-state index contributed by atoms with van der Waals surface area (Å²) in [5.41, 5.74) is 0.163. The summed E-state index contributed by atoms with van der Waals surface area (Å²) in [6, 6.07) is 6.33. The maximum Gasteiger partial charge on any atom is 0.225 e. The van der Waals surface area contributed by atoms with E-state index in [9.17, 15) is 18.4 Å². The molecule has 0 bridgehead atoms. The number of methoxy groups -OCH3 is 1. The van der Waals surface area contributed by atoms with Crippen molar-refractivity contribution in [3.63, 3.8) is 0 Å². The number of anilines is 1. The Bertz CT molecular complexity index is 718. The average molecular weight is 320 g/mol. The lowest BCUT2D eigenvalue weighted by atomic mass is 10.1. The Labute approximate surface area is 131 Å². The molecule has 0 fully saturated rings.